The van der Waals surface area contributed by atoms with Crippen LogP contribution in [0.15, 0.2) is 30.3 Å². The normalized spacial score (nSPS) is 17.4. The summed E-state index contributed by atoms with van der Waals surface area (Å²) in [6, 6.07) is 6.44. The minimum absolute atomic E-state index is 0.0713. The van der Waals surface area contributed by atoms with E-state index in [0.29, 0.717) is 30.8 Å². The van der Waals surface area contributed by atoms with Gasteiger partial charge >= 0.3 is 0 Å². The van der Waals surface area contributed by atoms with Crippen molar-refractivity contribution in [2.45, 2.75) is 19.1 Å². The van der Waals surface area contributed by atoms with Crippen LogP contribution >= 0.6 is 11.6 Å². The first-order valence-corrected chi connectivity index (χ1v) is 7.81. The zero-order valence-electron chi connectivity index (χ0n) is 12.6. The van der Waals surface area contributed by atoms with E-state index in [1.165, 1.54) is 18.2 Å². The van der Waals surface area contributed by atoms with Crippen molar-refractivity contribution >= 4 is 17.3 Å². The monoisotopic (exact) mass is 357 g/mol. The molecule has 3 nitrogen and oxygen atoms in total. The van der Waals surface area contributed by atoms with Gasteiger partial charge in [-0.1, -0.05) is 17.7 Å². The van der Waals surface area contributed by atoms with Gasteiger partial charge in [0.25, 0.3) is 0 Å². The van der Waals surface area contributed by atoms with E-state index in [1.54, 1.807) is 4.90 Å². The van der Waals surface area contributed by atoms with Gasteiger partial charge in [0.15, 0.2) is 17.5 Å². The number of ether oxygens (including phenoxy) is 1. The number of anilines is 1. The maximum absolute atomic E-state index is 14.4. The molecule has 2 aromatic carbocycles. The number of benzene rings is 2. The number of β-amino-alcohol motifs (C(OH)–C–C–N with tert-alkyl or cyclic N) is 1. The van der Waals surface area contributed by atoms with Crippen molar-refractivity contribution in [2.24, 2.45) is 0 Å². The van der Waals surface area contributed by atoms with Gasteiger partial charge in [0, 0.05) is 13.1 Å². The predicted octanol–water partition coefficient (Wildman–Crippen LogP) is 3.91. The molecule has 2 aromatic rings. The van der Waals surface area contributed by atoms with Crippen LogP contribution in [0.3, 0.4) is 0 Å². The highest BCUT2D eigenvalue weighted by molar-refractivity contribution is 6.32. The Morgan fingerprint density at radius 3 is 2.62 bits per heavy atom. The molecule has 1 N–H and O–H groups in total. The van der Waals surface area contributed by atoms with E-state index in [0.717, 1.165) is 12.1 Å². The summed E-state index contributed by atoms with van der Waals surface area (Å²) in [7, 11) is 0. The van der Waals surface area contributed by atoms with Crippen molar-refractivity contribution in [1.82, 2.24) is 0 Å². The number of aliphatic hydroxyl groups excluding tert-OH is 1. The molecule has 1 aliphatic rings. The van der Waals surface area contributed by atoms with Gasteiger partial charge in [0.1, 0.15) is 17.4 Å². The standard InChI is InChI=1S/C17H15ClF3NO2/c18-16-15(24-9-10-1-2-12(19)13(20)7-10)4-3-14(17(16)21)22-6-5-11(23)8-22/h1-4,7,11,23H,5-6,8-9H2. The van der Waals surface area contributed by atoms with Gasteiger partial charge < -0.3 is 14.7 Å². The topological polar surface area (TPSA) is 32.7 Å². The first-order valence-electron chi connectivity index (χ1n) is 7.43. The summed E-state index contributed by atoms with van der Waals surface area (Å²) in [5.41, 5.74) is 0.703. The predicted molar refractivity (Wildman–Crippen MR) is 84.9 cm³/mol. The maximum atomic E-state index is 14.4. The number of aliphatic hydroxyl groups is 1. The summed E-state index contributed by atoms with van der Waals surface area (Å²) in [6.45, 7) is 0.823. The molecule has 0 saturated carbocycles. The lowest BCUT2D eigenvalue weighted by Gasteiger charge is -2.20. The van der Waals surface area contributed by atoms with E-state index >= 15 is 0 Å². The van der Waals surface area contributed by atoms with Gasteiger partial charge in [0.2, 0.25) is 0 Å². The Labute approximate surface area is 142 Å². The van der Waals surface area contributed by atoms with E-state index in [9.17, 15) is 18.3 Å². The third-order valence-electron chi connectivity index (χ3n) is 3.91. The molecule has 0 bridgehead atoms. The zero-order valence-corrected chi connectivity index (χ0v) is 13.4. The lowest BCUT2D eigenvalue weighted by molar-refractivity contribution is 0.198. The van der Waals surface area contributed by atoms with Gasteiger partial charge in [-0.05, 0) is 36.2 Å². The molecule has 1 aliphatic heterocycles. The Morgan fingerprint density at radius 2 is 1.96 bits per heavy atom. The summed E-state index contributed by atoms with van der Waals surface area (Å²) in [4.78, 5) is 1.71. The van der Waals surface area contributed by atoms with Crippen LogP contribution in [0.4, 0.5) is 18.9 Å². The van der Waals surface area contributed by atoms with Gasteiger partial charge in [-0.2, -0.15) is 0 Å². The van der Waals surface area contributed by atoms with Crippen LogP contribution in [0.1, 0.15) is 12.0 Å². The number of hydrogen-bond donors (Lipinski definition) is 1. The molecule has 7 heteroatoms. The third kappa shape index (κ3) is 3.44. The van der Waals surface area contributed by atoms with E-state index in [4.69, 9.17) is 16.3 Å². The summed E-state index contributed by atoms with van der Waals surface area (Å²) in [5.74, 6) is -2.44. The van der Waals surface area contributed by atoms with Gasteiger partial charge in [-0.3, -0.25) is 0 Å². The van der Waals surface area contributed by atoms with E-state index in [1.807, 2.05) is 0 Å². The van der Waals surface area contributed by atoms with Crippen molar-refractivity contribution in [1.29, 1.82) is 0 Å². The van der Waals surface area contributed by atoms with Crippen molar-refractivity contribution in [3.05, 3.63) is 58.4 Å². The molecule has 0 spiro atoms. The SMILES string of the molecule is OC1CCN(c2ccc(OCc3ccc(F)c(F)c3)c(Cl)c2F)C1. The van der Waals surface area contributed by atoms with E-state index < -0.39 is 23.6 Å². The summed E-state index contributed by atoms with van der Waals surface area (Å²) in [6.07, 6.45) is 0.0957. The average molecular weight is 358 g/mol. The molecule has 128 valence electrons. The zero-order chi connectivity index (χ0) is 17.3. The smallest absolute Gasteiger partial charge is 0.168 e. The first kappa shape index (κ1) is 16.9. The van der Waals surface area contributed by atoms with E-state index in [2.05, 4.69) is 0 Å². The highest BCUT2D eigenvalue weighted by Crippen LogP contribution is 2.35. The molecule has 0 amide bonds. The minimum atomic E-state index is -0.976. The molecule has 3 rings (SSSR count). The van der Waals surface area contributed by atoms with Gasteiger partial charge in [-0.15, -0.1) is 0 Å². The highest BCUT2D eigenvalue weighted by Gasteiger charge is 2.24. The second-order valence-electron chi connectivity index (χ2n) is 5.64. The Bertz CT molecular complexity index is 757. The summed E-state index contributed by atoms with van der Waals surface area (Å²) >= 11 is 6.01. The van der Waals surface area contributed by atoms with Crippen LogP contribution in [-0.2, 0) is 6.61 Å². The fourth-order valence-corrected chi connectivity index (χ4v) is 2.84. The summed E-state index contributed by atoms with van der Waals surface area (Å²) in [5, 5.41) is 9.36. The number of halogens is 4. The first-order chi connectivity index (χ1) is 11.5. The molecule has 1 heterocycles. The molecule has 1 atom stereocenters. The minimum Gasteiger partial charge on any atom is -0.487 e. The largest absolute Gasteiger partial charge is 0.487 e. The lowest BCUT2D eigenvalue weighted by Crippen LogP contribution is -2.22. The molecule has 1 saturated heterocycles. The van der Waals surface area contributed by atoms with Gasteiger partial charge in [0.05, 0.1) is 11.8 Å². The van der Waals surface area contributed by atoms with Crippen LogP contribution in [0.5, 0.6) is 5.75 Å². The Kier molecular flexibility index (Phi) is 4.87. The lowest BCUT2D eigenvalue weighted by atomic mass is 10.2. The van der Waals surface area contributed by atoms with Crippen LogP contribution in [0.2, 0.25) is 5.02 Å². The molecular formula is C17H15ClF3NO2. The van der Waals surface area contributed by atoms with Crippen LogP contribution in [-0.4, -0.2) is 24.3 Å². The van der Waals surface area contributed by atoms with Crippen molar-refractivity contribution in [3.8, 4) is 5.75 Å². The number of nitrogens with zero attached hydrogens (tertiary/aromatic N) is 1. The quantitative estimate of drug-likeness (QED) is 0.900. The molecule has 0 aromatic heterocycles. The third-order valence-corrected chi connectivity index (χ3v) is 4.26. The number of hydrogen-bond acceptors (Lipinski definition) is 3. The van der Waals surface area contributed by atoms with Crippen molar-refractivity contribution in [2.75, 3.05) is 18.0 Å². The average Bonchev–Trinajstić information content (AvgIpc) is 2.98. The van der Waals surface area contributed by atoms with Crippen LogP contribution < -0.4 is 9.64 Å². The Hall–Kier alpha value is -1.92. The molecule has 0 radical (unpaired) electrons. The second-order valence-corrected chi connectivity index (χ2v) is 6.01. The van der Waals surface area contributed by atoms with Crippen molar-refractivity contribution in [3.63, 3.8) is 0 Å². The molecular weight excluding hydrogens is 343 g/mol. The fraction of sp³-hybridized carbons (Fsp3) is 0.294. The van der Waals surface area contributed by atoms with Crippen LogP contribution in [0.25, 0.3) is 0 Å². The van der Waals surface area contributed by atoms with E-state index in [-0.39, 0.29) is 17.4 Å². The van der Waals surface area contributed by atoms with Crippen molar-refractivity contribution < 1.29 is 23.0 Å². The molecule has 24 heavy (non-hydrogen) atoms. The molecule has 1 fully saturated rings. The molecule has 1 unspecified atom stereocenters. The Balaban J connectivity index is 1.74. The van der Waals surface area contributed by atoms with Crippen LogP contribution in [0, 0.1) is 17.5 Å². The second kappa shape index (κ2) is 6.91. The number of rotatable bonds is 4. The molecule has 0 aliphatic carbocycles. The highest BCUT2D eigenvalue weighted by atomic mass is 35.5. The van der Waals surface area contributed by atoms with Gasteiger partial charge in [-0.25, -0.2) is 13.2 Å². The fourth-order valence-electron chi connectivity index (χ4n) is 2.63. The summed E-state index contributed by atoms with van der Waals surface area (Å²) < 4.78 is 45.9. The Morgan fingerprint density at radius 1 is 1.17 bits per heavy atom. The maximum Gasteiger partial charge on any atom is 0.168 e.